The maximum absolute atomic E-state index is 12.2. The van der Waals surface area contributed by atoms with Crippen LogP contribution in [0.2, 0.25) is 5.02 Å². The molecule has 0 aliphatic carbocycles. The third kappa shape index (κ3) is 2.85. The second-order valence-corrected chi connectivity index (χ2v) is 5.79. The van der Waals surface area contributed by atoms with Crippen LogP contribution in [-0.2, 0) is 0 Å². The number of hydrogen-bond donors (Lipinski definition) is 2. The summed E-state index contributed by atoms with van der Waals surface area (Å²) in [7, 11) is 0. The lowest BCUT2D eigenvalue weighted by Crippen LogP contribution is -2.35. The molecule has 0 spiro atoms. The van der Waals surface area contributed by atoms with Crippen molar-refractivity contribution in [2.24, 2.45) is 11.8 Å². The van der Waals surface area contributed by atoms with E-state index in [1.165, 1.54) is 6.42 Å². The summed E-state index contributed by atoms with van der Waals surface area (Å²) in [5, 5.41) is 6.95. The molecule has 2 atom stereocenters. The van der Waals surface area contributed by atoms with Crippen molar-refractivity contribution >= 4 is 23.3 Å². The first-order chi connectivity index (χ1) is 9.22. The number of carbonyl (C=O) groups excluding carboxylic acids is 1. The number of urea groups is 1. The second kappa shape index (κ2) is 5.39. The van der Waals surface area contributed by atoms with Crippen LogP contribution < -0.4 is 10.6 Å². The second-order valence-electron chi connectivity index (χ2n) is 5.36. The maximum Gasteiger partial charge on any atom is 0.321 e. The molecule has 2 aliphatic heterocycles. The molecule has 2 aliphatic rings. The lowest BCUT2D eigenvalue weighted by molar-refractivity contribution is 0.220. The zero-order valence-corrected chi connectivity index (χ0v) is 11.5. The number of piperidine rings is 1. The van der Waals surface area contributed by atoms with Crippen molar-refractivity contribution in [3.8, 4) is 0 Å². The number of rotatable bonds is 1. The molecule has 0 saturated carbocycles. The van der Waals surface area contributed by atoms with Crippen LogP contribution >= 0.6 is 11.6 Å². The maximum atomic E-state index is 12.2. The number of anilines is 1. The number of halogens is 1. The van der Waals surface area contributed by atoms with Crippen molar-refractivity contribution < 1.29 is 4.79 Å². The van der Waals surface area contributed by atoms with Gasteiger partial charge in [0, 0.05) is 23.8 Å². The Morgan fingerprint density at radius 2 is 2.21 bits per heavy atom. The molecule has 19 heavy (non-hydrogen) atoms. The summed E-state index contributed by atoms with van der Waals surface area (Å²) in [6.45, 7) is 3.83. The van der Waals surface area contributed by atoms with Crippen LogP contribution in [0, 0.1) is 11.8 Å². The summed E-state index contributed by atoms with van der Waals surface area (Å²) in [5.41, 5.74) is 0.755. The van der Waals surface area contributed by atoms with Crippen LogP contribution in [0.1, 0.15) is 6.42 Å². The Hall–Kier alpha value is -1.26. The number of carbonyl (C=O) groups is 1. The van der Waals surface area contributed by atoms with E-state index < -0.39 is 0 Å². The molecule has 0 aromatic heterocycles. The van der Waals surface area contributed by atoms with E-state index in [1.807, 2.05) is 17.0 Å². The largest absolute Gasteiger partial charge is 0.324 e. The van der Waals surface area contributed by atoms with Gasteiger partial charge in [-0.25, -0.2) is 4.79 Å². The van der Waals surface area contributed by atoms with Crippen LogP contribution in [0.4, 0.5) is 10.5 Å². The van der Waals surface area contributed by atoms with Gasteiger partial charge in [-0.1, -0.05) is 17.7 Å². The highest BCUT2D eigenvalue weighted by molar-refractivity contribution is 6.30. The van der Waals surface area contributed by atoms with E-state index >= 15 is 0 Å². The quantitative estimate of drug-likeness (QED) is 0.829. The fourth-order valence-electron chi connectivity index (χ4n) is 3.01. The Morgan fingerprint density at radius 3 is 3.00 bits per heavy atom. The van der Waals surface area contributed by atoms with E-state index in [4.69, 9.17) is 11.6 Å². The van der Waals surface area contributed by atoms with E-state index in [-0.39, 0.29) is 6.03 Å². The summed E-state index contributed by atoms with van der Waals surface area (Å²) >= 11 is 5.91. The van der Waals surface area contributed by atoms with Gasteiger partial charge in [0.25, 0.3) is 0 Å². The third-order valence-corrected chi connectivity index (χ3v) is 4.27. The van der Waals surface area contributed by atoms with Crippen LogP contribution in [-0.4, -0.2) is 37.1 Å². The van der Waals surface area contributed by atoms with Crippen LogP contribution in [0.3, 0.4) is 0 Å². The molecule has 2 fully saturated rings. The number of hydrogen-bond acceptors (Lipinski definition) is 2. The average molecular weight is 280 g/mol. The highest BCUT2D eigenvalue weighted by atomic mass is 35.5. The molecule has 0 bridgehead atoms. The Bertz CT molecular complexity index is 466. The monoisotopic (exact) mass is 279 g/mol. The molecule has 2 amide bonds. The highest BCUT2D eigenvalue weighted by Crippen LogP contribution is 2.28. The normalized spacial score (nSPS) is 26.1. The lowest BCUT2D eigenvalue weighted by Gasteiger charge is -2.23. The molecular weight excluding hydrogens is 262 g/mol. The van der Waals surface area contributed by atoms with Crippen molar-refractivity contribution in [1.82, 2.24) is 10.2 Å². The fraction of sp³-hybridized carbons (Fsp3) is 0.500. The van der Waals surface area contributed by atoms with Crippen LogP contribution in [0.5, 0.6) is 0 Å². The number of nitrogens with one attached hydrogen (secondary N) is 2. The standard InChI is InChI=1S/C14H18ClN3O/c15-12-2-1-3-13(6-12)17-14(19)18-8-10-4-5-16-7-11(10)9-18/h1-3,6,10-11,16H,4-5,7-9H2,(H,17,19). The summed E-state index contributed by atoms with van der Waals surface area (Å²) in [6.07, 6.45) is 1.17. The minimum Gasteiger partial charge on any atom is -0.324 e. The fourth-order valence-corrected chi connectivity index (χ4v) is 3.20. The lowest BCUT2D eigenvalue weighted by atomic mass is 9.90. The van der Waals surface area contributed by atoms with E-state index in [9.17, 15) is 4.79 Å². The number of amides is 2. The first kappa shape index (κ1) is 12.8. The number of fused-ring (bicyclic) bond motifs is 1. The smallest absolute Gasteiger partial charge is 0.321 e. The minimum atomic E-state index is -0.0170. The first-order valence-electron chi connectivity index (χ1n) is 6.74. The molecule has 2 heterocycles. The van der Waals surface area contributed by atoms with Gasteiger partial charge in [0.05, 0.1) is 0 Å². The van der Waals surface area contributed by atoms with E-state index in [2.05, 4.69) is 10.6 Å². The van der Waals surface area contributed by atoms with Crippen molar-refractivity contribution in [2.75, 3.05) is 31.5 Å². The van der Waals surface area contributed by atoms with Crippen molar-refractivity contribution in [3.63, 3.8) is 0 Å². The predicted molar refractivity (Wildman–Crippen MR) is 76.5 cm³/mol. The minimum absolute atomic E-state index is 0.0170. The number of nitrogens with zero attached hydrogens (tertiary/aromatic N) is 1. The molecule has 4 nitrogen and oxygen atoms in total. The van der Waals surface area contributed by atoms with E-state index in [0.29, 0.717) is 16.9 Å². The van der Waals surface area contributed by atoms with Gasteiger partial charge >= 0.3 is 6.03 Å². The zero-order chi connectivity index (χ0) is 13.2. The number of likely N-dealkylation sites (tertiary alicyclic amines) is 1. The molecule has 3 rings (SSSR count). The summed E-state index contributed by atoms with van der Waals surface area (Å²) in [6, 6.07) is 7.24. The van der Waals surface area contributed by atoms with Gasteiger partial charge in [-0.3, -0.25) is 0 Å². The average Bonchev–Trinajstić information content (AvgIpc) is 2.82. The Kier molecular flexibility index (Phi) is 3.62. The summed E-state index contributed by atoms with van der Waals surface area (Å²) in [5.74, 6) is 1.27. The van der Waals surface area contributed by atoms with E-state index in [1.54, 1.807) is 12.1 Å². The SMILES string of the molecule is O=C(Nc1cccc(Cl)c1)N1CC2CCNCC2C1. The van der Waals surface area contributed by atoms with Crippen molar-refractivity contribution in [2.45, 2.75) is 6.42 Å². The van der Waals surface area contributed by atoms with Gasteiger partial charge in [0.2, 0.25) is 0 Å². The molecule has 102 valence electrons. The Balaban J connectivity index is 1.62. The van der Waals surface area contributed by atoms with Crippen molar-refractivity contribution in [1.29, 1.82) is 0 Å². The molecule has 5 heteroatoms. The van der Waals surface area contributed by atoms with Gasteiger partial charge in [-0.2, -0.15) is 0 Å². The molecule has 2 unspecified atom stereocenters. The van der Waals surface area contributed by atoms with E-state index in [0.717, 1.165) is 31.9 Å². The van der Waals surface area contributed by atoms with Gasteiger partial charge in [-0.05, 0) is 49.5 Å². The molecule has 1 aromatic rings. The summed E-state index contributed by atoms with van der Waals surface area (Å²) < 4.78 is 0. The zero-order valence-electron chi connectivity index (χ0n) is 10.7. The first-order valence-corrected chi connectivity index (χ1v) is 7.12. The summed E-state index contributed by atoms with van der Waals surface area (Å²) in [4.78, 5) is 14.1. The number of benzene rings is 1. The van der Waals surface area contributed by atoms with Gasteiger partial charge in [-0.15, -0.1) is 0 Å². The van der Waals surface area contributed by atoms with Crippen LogP contribution in [0.25, 0.3) is 0 Å². The molecule has 0 radical (unpaired) electrons. The molecule has 1 aromatic carbocycles. The third-order valence-electron chi connectivity index (χ3n) is 4.04. The van der Waals surface area contributed by atoms with Gasteiger partial charge in [0.1, 0.15) is 0 Å². The Labute approximate surface area is 118 Å². The predicted octanol–water partition coefficient (Wildman–Crippen LogP) is 2.41. The van der Waals surface area contributed by atoms with Crippen molar-refractivity contribution in [3.05, 3.63) is 29.3 Å². The topological polar surface area (TPSA) is 44.4 Å². The van der Waals surface area contributed by atoms with Gasteiger partial charge < -0.3 is 15.5 Å². The molecule has 2 saturated heterocycles. The Morgan fingerprint density at radius 1 is 1.37 bits per heavy atom. The molecule has 2 N–H and O–H groups in total. The highest BCUT2D eigenvalue weighted by Gasteiger charge is 2.36. The van der Waals surface area contributed by atoms with Gasteiger partial charge in [0.15, 0.2) is 0 Å². The molecular formula is C14H18ClN3O. The van der Waals surface area contributed by atoms with Crippen LogP contribution in [0.15, 0.2) is 24.3 Å².